The van der Waals surface area contributed by atoms with Crippen LogP contribution >= 0.6 is 0 Å². The molecule has 2 rings (SSSR count). The van der Waals surface area contributed by atoms with E-state index >= 15 is 0 Å². The van der Waals surface area contributed by atoms with Crippen molar-refractivity contribution in [1.82, 2.24) is 25.5 Å². The van der Waals surface area contributed by atoms with Gasteiger partial charge in [0, 0.05) is 5.56 Å². The summed E-state index contributed by atoms with van der Waals surface area (Å²) in [5, 5.41) is 14.8. The maximum atomic E-state index is 12.2. The summed E-state index contributed by atoms with van der Waals surface area (Å²) in [6, 6.07) is 6.98. The molecular formula is C17H23N5O3. The van der Waals surface area contributed by atoms with Crippen LogP contribution in [-0.4, -0.2) is 45.2 Å². The molecule has 0 fully saturated rings. The maximum Gasteiger partial charge on any atom is 0.328 e. The number of hydrogen-bond acceptors (Lipinski definition) is 6. The number of esters is 1. The van der Waals surface area contributed by atoms with Crippen LogP contribution in [0.15, 0.2) is 24.3 Å². The van der Waals surface area contributed by atoms with Crippen LogP contribution in [0, 0.1) is 12.8 Å². The molecule has 0 aliphatic rings. The van der Waals surface area contributed by atoms with Crippen LogP contribution in [0.1, 0.15) is 25.8 Å². The average Bonchev–Trinajstić information content (AvgIpc) is 3.06. The summed E-state index contributed by atoms with van der Waals surface area (Å²) in [5.74, 6) is -0.417. The summed E-state index contributed by atoms with van der Waals surface area (Å²) in [6.07, 6.45) is 0.735. The quantitative estimate of drug-likeness (QED) is 0.761. The number of carbonyl (C=O) groups excluding carboxylic acids is 2. The van der Waals surface area contributed by atoms with Gasteiger partial charge in [0.2, 0.25) is 11.7 Å². The minimum Gasteiger partial charge on any atom is -0.467 e. The molecule has 0 unspecified atom stereocenters. The number of carbonyl (C=O) groups is 2. The predicted molar refractivity (Wildman–Crippen MR) is 91.4 cm³/mol. The molecule has 8 heteroatoms. The second-order valence-corrected chi connectivity index (χ2v) is 5.91. The van der Waals surface area contributed by atoms with E-state index in [-0.39, 0.29) is 18.4 Å². The van der Waals surface area contributed by atoms with E-state index in [0.29, 0.717) is 5.82 Å². The van der Waals surface area contributed by atoms with E-state index in [0.717, 1.165) is 17.5 Å². The Morgan fingerprint density at radius 1 is 1.32 bits per heavy atom. The lowest BCUT2D eigenvalue weighted by molar-refractivity contribution is -0.146. The van der Waals surface area contributed by atoms with Crippen LogP contribution in [0.4, 0.5) is 0 Å². The summed E-state index contributed by atoms with van der Waals surface area (Å²) in [5.41, 5.74) is 1.88. The van der Waals surface area contributed by atoms with Gasteiger partial charge >= 0.3 is 5.97 Å². The molecule has 0 aliphatic carbocycles. The third-order valence-electron chi connectivity index (χ3n) is 4.11. The molecule has 134 valence electrons. The number of hydrogen-bond donors (Lipinski definition) is 1. The van der Waals surface area contributed by atoms with Crippen molar-refractivity contribution in [2.45, 2.75) is 39.8 Å². The molecule has 1 aromatic heterocycles. The molecule has 1 heterocycles. The van der Waals surface area contributed by atoms with E-state index in [1.165, 1.54) is 11.9 Å². The van der Waals surface area contributed by atoms with Gasteiger partial charge in [-0.1, -0.05) is 44.5 Å². The first-order valence-electron chi connectivity index (χ1n) is 8.17. The van der Waals surface area contributed by atoms with Crippen molar-refractivity contribution < 1.29 is 14.3 Å². The molecule has 0 radical (unpaired) electrons. The van der Waals surface area contributed by atoms with Crippen LogP contribution in [0.25, 0.3) is 11.4 Å². The highest BCUT2D eigenvalue weighted by Gasteiger charge is 2.27. The largest absolute Gasteiger partial charge is 0.467 e. The van der Waals surface area contributed by atoms with Gasteiger partial charge in [-0.05, 0) is 23.6 Å². The number of nitrogens with one attached hydrogen (secondary N) is 1. The van der Waals surface area contributed by atoms with Crippen LogP contribution in [0.5, 0.6) is 0 Å². The van der Waals surface area contributed by atoms with Crippen molar-refractivity contribution in [2.24, 2.45) is 5.92 Å². The molecule has 0 saturated carbocycles. The number of ether oxygens (including phenoxy) is 1. The van der Waals surface area contributed by atoms with Crippen molar-refractivity contribution in [1.29, 1.82) is 0 Å². The minimum atomic E-state index is -0.693. The predicted octanol–water partition coefficient (Wildman–Crippen LogP) is 1.35. The fraction of sp³-hybridized carbons (Fsp3) is 0.471. The number of benzene rings is 1. The molecule has 2 atom stereocenters. The Morgan fingerprint density at radius 3 is 2.68 bits per heavy atom. The highest BCUT2D eigenvalue weighted by Crippen LogP contribution is 2.17. The van der Waals surface area contributed by atoms with Gasteiger partial charge in [0.25, 0.3) is 0 Å². The molecule has 8 nitrogen and oxygen atoms in total. The first-order chi connectivity index (χ1) is 12.0. The van der Waals surface area contributed by atoms with Gasteiger partial charge in [0.05, 0.1) is 7.11 Å². The second kappa shape index (κ2) is 8.36. The van der Waals surface area contributed by atoms with Crippen molar-refractivity contribution in [3.05, 3.63) is 29.8 Å². The molecule has 2 aromatic rings. The molecule has 0 spiro atoms. The van der Waals surface area contributed by atoms with Crippen LogP contribution < -0.4 is 5.32 Å². The van der Waals surface area contributed by atoms with Crippen LogP contribution in [0.3, 0.4) is 0 Å². The zero-order valence-corrected chi connectivity index (χ0v) is 14.9. The normalized spacial score (nSPS) is 13.1. The number of rotatable bonds is 7. The number of aromatic nitrogens is 4. The number of amides is 1. The maximum absolute atomic E-state index is 12.2. The number of aryl methyl sites for hydroxylation is 1. The van der Waals surface area contributed by atoms with Crippen molar-refractivity contribution >= 4 is 11.9 Å². The second-order valence-electron chi connectivity index (χ2n) is 5.91. The average molecular weight is 345 g/mol. The molecule has 1 amide bonds. The number of nitrogens with zero attached hydrogens (tertiary/aromatic N) is 4. The summed E-state index contributed by atoms with van der Waals surface area (Å²) in [7, 11) is 1.30. The Kier molecular flexibility index (Phi) is 6.21. The highest BCUT2D eigenvalue weighted by atomic mass is 16.5. The van der Waals surface area contributed by atoms with Crippen LogP contribution in [0.2, 0.25) is 0 Å². The first kappa shape index (κ1) is 18.6. The Morgan fingerprint density at radius 2 is 2.04 bits per heavy atom. The third-order valence-corrected chi connectivity index (χ3v) is 4.11. The number of methoxy groups -OCH3 is 1. The monoisotopic (exact) mass is 345 g/mol. The lowest BCUT2D eigenvalue weighted by atomic mass is 9.99. The molecule has 25 heavy (non-hydrogen) atoms. The molecular weight excluding hydrogens is 322 g/mol. The van der Waals surface area contributed by atoms with E-state index in [1.54, 1.807) is 0 Å². The van der Waals surface area contributed by atoms with E-state index in [2.05, 4.69) is 20.7 Å². The van der Waals surface area contributed by atoms with E-state index < -0.39 is 12.0 Å². The molecule has 0 aliphatic heterocycles. The van der Waals surface area contributed by atoms with Gasteiger partial charge in [-0.25, -0.2) is 4.79 Å². The van der Waals surface area contributed by atoms with Gasteiger partial charge in [0.15, 0.2) is 0 Å². The highest BCUT2D eigenvalue weighted by molar-refractivity contribution is 5.84. The molecule has 0 saturated heterocycles. The fourth-order valence-corrected chi connectivity index (χ4v) is 2.39. The smallest absolute Gasteiger partial charge is 0.328 e. The first-order valence-corrected chi connectivity index (χ1v) is 8.17. The lowest BCUT2D eigenvalue weighted by Crippen LogP contribution is -2.46. The van der Waals surface area contributed by atoms with E-state index in [4.69, 9.17) is 4.74 Å². The van der Waals surface area contributed by atoms with Crippen molar-refractivity contribution in [2.75, 3.05) is 7.11 Å². The SMILES string of the molecule is CC[C@@H](C)[C@@H](NC(=O)Cn1nnc(-c2ccccc2C)n1)C(=O)OC. The number of tetrazole rings is 1. The Bertz CT molecular complexity index is 743. The van der Waals surface area contributed by atoms with Gasteiger partial charge in [-0.15, -0.1) is 10.2 Å². The third kappa shape index (κ3) is 4.62. The van der Waals surface area contributed by atoms with Gasteiger partial charge in [-0.2, -0.15) is 4.80 Å². The topological polar surface area (TPSA) is 99.0 Å². The Hall–Kier alpha value is -2.77. The summed E-state index contributed by atoms with van der Waals surface area (Å²) >= 11 is 0. The summed E-state index contributed by atoms with van der Waals surface area (Å²) in [4.78, 5) is 25.3. The van der Waals surface area contributed by atoms with E-state index in [9.17, 15) is 9.59 Å². The zero-order valence-electron chi connectivity index (χ0n) is 14.9. The summed E-state index contributed by atoms with van der Waals surface area (Å²) in [6.45, 7) is 5.66. The van der Waals surface area contributed by atoms with E-state index in [1.807, 2.05) is 45.0 Å². The minimum absolute atomic E-state index is 0.0392. The van der Waals surface area contributed by atoms with Gasteiger partial charge in [0.1, 0.15) is 12.6 Å². The Labute approximate surface area is 146 Å². The van der Waals surface area contributed by atoms with Crippen molar-refractivity contribution in [3.63, 3.8) is 0 Å². The standard InChI is InChI=1S/C17H23N5O3/c1-5-11(2)15(17(24)25-4)18-14(23)10-22-20-16(19-21-22)13-9-7-6-8-12(13)3/h6-9,11,15H,5,10H2,1-4H3,(H,18,23)/t11-,15-/m1/s1. The van der Waals surface area contributed by atoms with Gasteiger partial charge < -0.3 is 10.1 Å². The fourth-order valence-electron chi connectivity index (χ4n) is 2.39. The van der Waals surface area contributed by atoms with Crippen LogP contribution in [-0.2, 0) is 20.9 Å². The molecule has 1 aromatic carbocycles. The Balaban J connectivity index is 2.06. The lowest BCUT2D eigenvalue weighted by Gasteiger charge is -2.21. The van der Waals surface area contributed by atoms with Crippen molar-refractivity contribution in [3.8, 4) is 11.4 Å². The summed E-state index contributed by atoms with van der Waals surface area (Å²) < 4.78 is 4.76. The molecule has 0 bridgehead atoms. The zero-order chi connectivity index (χ0) is 18.4. The van der Waals surface area contributed by atoms with Gasteiger partial charge in [-0.3, -0.25) is 4.79 Å². The molecule has 1 N–H and O–H groups in total.